The third-order valence-electron chi connectivity index (χ3n) is 2.88. The van der Waals surface area contributed by atoms with Gasteiger partial charge in [0.2, 0.25) is 0 Å². The van der Waals surface area contributed by atoms with E-state index < -0.39 is 33.7 Å². The molecule has 0 aliphatic heterocycles. The summed E-state index contributed by atoms with van der Waals surface area (Å²) in [6.07, 6.45) is -2.82. The van der Waals surface area contributed by atoms with Crippen molar-refractivity contribution in [3.63, 3.8) is 0 Å². The maximum Gasteiger partial charge on any atom is 0.285 e. The molecule has 0 unspecified atom stereocenters. The third-order valence-corrected chi connectivity index (χ3v) is 4.32. The highest BCUT2D eigenvalue weighted by Crippen LogP contribution is 2.21. The molecule has 0 fully saturated rings. The molecule has 1 N–H and O–H groups in total. The number of carbonyl (C=O) groups excluding carboxylic acids is 1. The molecule has 2 aromatic rings. The number of halogens is 2. The van der Waals surface area contributed by atoms with Gasteiger partial charge >= 0.3 is 0 Å². The topological polar surface area (TPSA) is 94.2 Å². The molecule has 0 aromatic carbocycles. The number of sulfonamides is 1. The summed E-state index contributed by atoms with van der Waals surface area (Å²) in [5, 5.41) is 3.57. The van der Waals surface area contributed by atoms with Crippen molar-refractivity contribution >= 4 is 15.9 Å². The van der Waals surface area contributed by atoms with Crippen LogP contribution in [0.4, 0.5) is 8.78 Å². The van der Waals surface area contributed by atoms with E-state index in [0.717, 1.165) is 10.7 Å². The van der Waals surface area contributed by atoms with Gasteiger partial charge in [0.1, 0.15) is 22.1 Å². The summed E-state index contributed by atoms with van der Waals surface area (Å²) in [5.74, 6) is -0.615. The van der Waals surface area contributed by atoms with Gasteiger partial charge in [0.05, 0.1) is 0 Å². The molecule has 10 heteroatoms. The zero-order valence-electron chi connectivity index (χ0n) is 11.9. The third kappa shape index (κ3) is 3.01. The van der Waals surface area contributed by atoms with Gasteiger partial charge in [-0.2, -0.15) is 5.10 Å². The van der Waals surface area contributed by atoms with Crippen molar-refractivity contribution in [3.05, 3.63) is 35.0 Å². The second kappa shape index (κ2) is 5.52. The Morgan fingerprint density at radius 2 is 2.00 bits per heavy atom. The molecular weight excluding hydrogens is 320 g/mol. The van der Waals surface area contributed by atoms with Crippen molar-refractivity contribution in [1.29, 1.82) is 0 Å². The van der Waals surface area contributed by atoms with Gasteiger partial charge in [-0.1, -0.05) is 0 Å². The van der Waals surface area contributed by atoms with Crippen molar-refractivity contribution in [3.8, 4) is 0 Å². The molecule has 2 heterocycles. The highest BCUT2D eigenvalue weighted by atomic mass is 32.2. The van der Waals surface area contributed by atoms with E-state index in [1.54, 1.807) is 11.6 Å². The summed E-state index contributed by atoms with van der Waals surface area (Å²) in [7, 11) is -2.94. The number of carbonyl (C=O) groups is 1. The van der Waals surface area contributed by atoms with Crippen LogP contribution < -0.4 is 4.72 Å². The van der Waals surface area contributed by atoms with E-state index in [1.165, 1.54) is 20.0 Å². The monoisotopic (exact) mass is 333 g/mol. The Labute approximate surface area is 125 Å². The fourth-order valence-corrected chi connectivity index (χ4v) is 3.10. The van der Waals surface area contributed by atoms with E-state index in [4.69, 9.17) is 4.42 Å². The molecule has 0 aliphatic rings. The number of hydrogen-bond donors (Lipinski definition) is 1. The molecule has 22 heavy (non-hydrogen) atoms. The first kappa shape index (κ1) is 16.1. The van der Waals surface area contributed by atoms with E-state index in [2.05, 4.69) is 5.10 Å². The first-order valence-electron chi connectivity index (χ1n) is 6.08. The minimum Gasteiger partial charge on any atom is -0.465 e. The maximum atomic E-state index is 12.6. The lowest BCUT2D eigenvalue weighted by molar-refractivity contribution is 0.0976. The van der Waals surface area contributed by atoms with Gasteiger partial charge in [0, 0.05) is 13.1 Å². The van der Waals surface area contributed by atoms with E-state index in [1.807, 2.05) is 0 Å². The first-order chi connectivity index (χ1) is 10.1. The molecular formula is C12H13F2N3O4S. The second-order valence-corrected chi connectivity index (χ2v) is 6.24. The van der Waals surface area contributed by atoms with Gasteiger partial charge in [-0.05, 0) is 19.9 Å². The number of aryl methyl sites for hydroxylation is 3. The average Bonchev–Trinajstić information content (AvgIpc) is 2.92. The number of nitrogens with one attached hydrogen (secondary N) is 1. The molecule has 2 aromatic heterocycles. The number of alkyl halides is 2. The van der Waals surface area contributed by atoms with E-state index in [-0.39, 0.29) is 10.7 Å². The molecule has 0 saturated heterocycles. The van der Waals surface area contributed by atoms with Crippen LogP contribution in [0.5, 0.6) is 0 Å². The number of rotatable bonds is 4. The normalized spacial score (nSPS) is 11.9. The SMILES string of the molecule is Cc1cc(S(=O)(=O)NC(=O)c2cc(C(F)F)n(C)n2)c(C)o1. The minimum atomic E-state index is -4.17. The zero-order chi connectivity index (χ0) is 16.7. The lowest BCUT2D eigenvalue weighted by Gasteiger charge is -2.03. The number of furan rings is 1. The molecule has 0 radical (unpaired) electrons. The van der Waals surface area contributed by atoms with E-state index >= 15 is 0 Å². The molecule has 120 valence electrons. The van der Waals surface area contributed by atoms with E-state index in [9.17, 15) is 22.0 Å². The van der Waals surface area contributed by atoms with Gasteiger partial charge in [-0.3, -0.25) is 9.48 Å². The van der Waals surface area contributed by atoms with Crippen LogP contribution in [0.2, 0.25) is 0 Å². The highest BCUT2D eigenvalue weighted by Gasteiger charge is 2.26. The van der Waals surface area contributed by atoms with Crippen molar-refractivity contribution < 1.29 is 26.4 Å². The summed E-state index contributed by atoms with van der Waals surface area (Å²) in [5.41, 5.74) is -0.905. The van der Waals surface area contributed by atoms with Crippen LogP contribution in [0.15, 0.2) is 21.4 Å². The molecule has 2 rings (SSSR count). The molecule has 0 aliphatic carbocycles. The van der Waals surface area contributed by atoms with Gasteiger partial charge in [0.15, 0.2) is 5.69 Å². The van der Waals surface area contributed by atoms with Gasteiger partial charge in [-0.25, -0.2) is 21.9 Å². The number of aromatic nitrogens is 2. The molecule has 1 amide bonds. The summed E-state index contributed by atoms with van der Waals surface area (Å²) in [6.45, 7) is 2.99. The minimum absolute atomic E-state index is 0.118. The Morgan fingerprint density at radius 1 is 1.36 bits per heavy atom. The summed E-state index contributed by atoms with van der Waals surface area (Å²) in [4.78, 5) is 11.7. The summed E-state index contributed by atoms with van der Waals surface area (Å²) < 4.78 is 57.2. The smallest absolute Gasteiger partial charge is 0.285 e. The van der Waals surface area contributed by atoms with Gasteiger partial charge in [0.25, 0.3) is 22.4 Å². The summed E-state index contributed by atoms with van der Waals surface area (Å²) >= 11 is 0. The molecule has 0 bridgehead atoms. The van der Waals surface area contributed by atoms with Crippen LogP contribution in [0.3, 0.4) is 0 Å². The standard InChI is InChI=1S/C12H13F2N3O4S/c1-6-4-10(7(2)21-6)22(19,20)16-12(18)8-5-9(11(13)14)17(3)15-8/h4-5,11H,1-3H3,(H,16,18). The number of nitrogens with zero attached hydrogens (tertiary/aromatic N) is 2. The van der Waals surface area contributed by atoms with E-state index in [0.29, 0.717) is 5.76 Å². The molecule has 0 spiro atoms. The van der Waals surface area contributed by atoms with Crippen LogP contribution in [-0.4, -0.2) is 24.1 Å². The lowest BCUT2D eigenvalue weighted by Crippen LogP contribution is -2.31. The zero-order valence-corrected chi connectivity index (χ0v) is 12.7. The first-order valence-corrected chi connectivity index (χ1v) is 7.56. The second-order valence-electron chi connectivity index (χ2n) is 4.59. The highest BCUT2D eigenvalue weighted by molar-refractivity contribution is 7.90. The van der Waals surface area contributed by atoms with Gasteiger partial charge in [-0.15, -0.1) is 0 Å². The quantitative estimate of drug-likeness (QED) is 0.919. The Kier molecular flexibility index (Phi) is 4.05. The fraction of sp³-hybridized carbons (Fsp3) is 0.333. The van der Waals surface area contributed by atoms with Crippen LogP contribution in [0.1, 0.15) is 34.1 Å². The Bertz CT molecular complexity index is 824. The van der Waals surface area contributed by atoms with Crippen molar-refractivity contribution in [2.75, 3.05) is 0 Å². The number of amides is 1. The lowest BCUT2D eigenvalue weighted by atomic mass is 10.3. The fourth-order valence-electron chi connectivity index (χ4n) is 1.90. The largest absolute Gasteiger partial charge is 0.465 e. The number of hydrogen-bond acceptors (Lipinski definition) is 5. The van der Waals surface area contributed by atoms with Crippen LogP contribution >= 0.6 is 0 Å². The molecule has 7 nitrogen and oxygen atoms in total. The Hall–Kier alpha value is -2.23. The van der Waals surface area contributed by atoms with Crippen LogP contribution in [-0.2, 0) is 17.1 Å². The molecule has 0 atom stereocenters. The predicted molar refractivity (Wildman–Crippen MR) is 71.0 cm³/mol. The van der Waals surface area contributed by atoms with Crippen molar-refractivity contribution in [1.82, 2.24) is 14.5 Å². The maximum absolute atomic E-state index is 12.6. The van der Waals surface area contributed by atoms with Crippen LogP contribution in [0.25, 0.3) is 0 Å². The predicted octanol–water partition coefficient (Wildman–Crippen LogP) is 1.69. The molecule has 0 saturated carbocycles. The Morgan fingerprint density at radius 3 is 2.45 bits per heavy atom. The van der Waals surface area contributed by atoms with Crippen molar-refractivity contribution in [2.45, 2.75) is 25.2 Å². The van der Waals surface area contributed by atoms with Gasteiger partial charge < -0.3 is 4.42 Å². The average molecular weight is 333 g/mol. The van der Waals surface area contributed by atoms with Crippen molar-refractivity contribution in [2.24, 2.45) is 7.05 Å². The van der Waals surface area contributed by atoms with Crippen LogP contribution in [0, 0.1) is 13.8 Å². The summed E-state index contributed by atoms with van der Waals surface area (Å²) in [6, 6.07) is 2.09. The Balaban J connectivity index is 2.28.